The van der Waals surface area contributed by atoms with Crippen molar-refractivity contribution in [3.8, 4) is 0 Å². The molecule has 1 heterocycles. The van der Waals surface area contributed by atoms with Crippen LogP contribution in [0.1, 0.15) is 32.9 Å². The maximum absolute atomic E-state index is 13.5. The van der Waals surface area contributed by atoms with Crippen LogP contribution in [0, 0.1) is 5.82 Å². The number of aromatic nitrogens is 2. The topological polar surface area (TPSA) is 42.9 Å². The lowest BCUT2D eigenvalue weighted by Crippen LogP contribution is -2.10. The second-order valence-electron chi connectivity index (χ2n) is 5.93. The Bertz CT molecular complexity index is 938. The lowest BCUT2D eigenvalue weighted by molar-refractivity contribution is -0.137. The smallest absolute Gasteiger partial charge is 0.288 e. The van der Waals surface area contributed by atoms with Crippen molar-refractivity contribution < 1.29 is 22.4 Å². The van der Waals surface area contributed by atoms with Crippen LogP contribution in [0.25, 0.3) is 0 Å². The Balaban J connectivity index is 1.75. The van der Waals surface area contributed by atoms with Crippen LogP contribution in [0.3, 0.4) is 0 Å². The Morgan fingerprint density at radius 1 is 0.889 bits per heavy atom. The molecule has 0 spiro atoms. The van der Waals surface area contributed by atoms with Gasteiger partial charge in [0.15, 0.2) is 5.78 Å². The average molecular weight is 374 g/mol. The molecule has 0 radical (unpaired) electrons. The average Bonchev–Trinajstić information content (AvgIpc) is 2.66. The van der Waals surface area contributed by atoms with Gasteiger partial charge in [0.25, 0.3) is 0 Å². The van der Waals surface area contributed by atoms with Gasteiger partial charge in [-0.15, -0.1) is 0 Å². The van der Waals surface area contributed by atoms with Gasteiger partial charge in [-0.3, -0.25) is 4.79 Å². The van der Waals surface area contributed by atoms with Crippen LogP contribution in [-0.4, -0.2) is 15.8 Å². The molecular formula is C20H14F4N2O. The van der Waals surface area contributed by atoms with Crippen LogP contribution in [0.2, 0.25) is 0 Å². The highest BCUT2D eigenvalue weighted by molar-refractivity contribution is 6.08. The third-order valence-electron chi connectivity index (χ3n) is 3.93. The maximum Gasteiger partial charge on any atom is 0.416 e. The van der Waals surface area contributed by atoms with E-state index in [1.54, 1.807) is 0 Å². The lowest BCUT2D eigenvalue weighted by atomic mass is 10.0. The maximum atomic E-state index is 13.5. The van der Waals surface area contributed by atoms with Crippen molar-refractivity contribution in [2.75, 3.05) is 0 Å². The lowest BCUT2D eigenvalue weighted by Gasteiger charge is -2.09. The van der Waals surface area contributed by atoms with Crippen molar-refractivity contribution in [1.29, 1.82) is 0 Å². The van der Waals surface area contributed by atoms with Crippen molar-refractivity contribution in [2.45, 2.75) is 19.0 Å². The van der Waals surface area contributed by atoms with E-state index in [4.69, 9.17) is 0 Å². The van der Waals surface area contributed by atoms with Crippen LogP contribution in [-0.2, 0) is 19.0 Å². The Labute approximate surface area is 152 Å². The Morgan fingerprint density at radius 3 is 2.19 bits per heavy atom. The van der Waals surface area contributed by atoms with Crippen molar-refractivity contribution >= 4 is 5.78 Å². The molecule has 0 atom stereocenters. The number of rotatable bonds is 5. The molecule has 138 valence electrons. The zero-order chi connectivity index (χ0) is 19.4. The fraction of sp³-hybridized carbons (Fsp3) is 0.150. The number of carbonyl (C=O) groups excluding carboxylic acids is 1. The summed E-state index contributed by atoms with van der Waals surface area (Å²) in [5.41, 5.74) is -0.507. The van der Waals surface area contributed by atoms with E-state index in [9.17, 15) is 22.4 Å². The SMILES string of the molecule is O=C(c1cnc(CCc2ccccc2)nc1)c1cc(F)cc(C(F)(F)F)c1. The van der Waals surface area contributed by atoms with Crippen molar-refractivity contribution in [3.63, 3.8) is 0 Å². The molecule has 0 bridgehead atoms. The number of nitrogens with zero attached hydrogens (tertiary/aromatic N) is 2. The molecule has 27 heavy (non-hydrogen) atoms. The molecular weight excluding hydrogens is 360 g/mol. The van der Waals surface area contributed by atoms with Gasteiger partial charge < -0.3 is 0 Å². The highest BCUT2D eigenvalue weighted by Gasteiger charge is 2.32. The molecule has 3 rings (SSSR count). The third kappa shape index (κ3) is 4.75. The number of benzene rings is 2. The van der Waals surface area contributed by atoms with E-state index in [1.165, 1.54) is 12.4 Å². The van der Waals surface area contributed by atoms with E-state index in [0.29, 0.717) is 30.8 Å². The van der Waals surface area contributed by atoms with Gasteiger partial charge in [0.1, 0.15) is 11.6 Å². The molecule has 0 unspecified atom stereocenters. The Hall–Kier alpha value is -3.09. The number of halogens is 4. The van der Waals surface area contributed by atoms with Crippen LogP contribution in [0.15, 0.2) is 60.9 Å². The molecule has 0 N–H and O–H groups in total. The minimum Gasteiger partial charge on any atom is -0.288 e. The van der Waals surface area contributed by atoms with E-state index < -0.39 is 28.9 Å². The summed E-state index contributed by atoms with van der Waals surface area (Å²) in [6.45, 7) is 0. The van der Waals surface area contributed by atoms with Gasteiger partial charge in [-0.2, -0.15) is 13.2 Å². The second kappa shape index (κ2) is 7.65. The monoisotopic (exact) mass is 374 g/mol. The van der Waals surface area contributed by atoms with Crippen molar-refractivity contribution in [3.05, 3.63) is 94.8 Å². The minimum atomic E-state index is -4.74. The molecule has 0 saturated heterocycles. The zero-order valence-electron chi connectivity index (χ0n) is 14.0. The summed E-state index contributed by atoms with van der Waals surface area (Å²) in [6.07, 6.45) is -0.986. The third-order valence-corrected chi connectivity index (χ3v) is 3.93. The highest BCUT2D eigenvalue weighted by Crippen LogP contribution is 2.30. The first kappa shape index (κ1) is 18.7. The van der Waals surface area contributed by atoms with E-state index in [-0.39, 0.29) is 5.56 Å². The molecule has 0 fully saturated rings. The number of hydrogen-bond donors (Lipinski definition) is 0. The zero-order valence-corrected chi connectivity index (χ0v) is 14.0. The number of alkyl halides is 3. The normalized spacial score (nSPS) is 11.4. The molecule has 2 aromatic carbocycles. The molecule has 0 aliphatic carbocycles. The molecule has 1 aromatic heterocycles. The molecule has 0 aliphatic rings. The molecule has 0 saturated carbocycles. The van der Waals surface area contributed by atoms with Gasteiger partial charge in [0.05, 0.1) is 11.1 Å². The predicted molar refractivity (Wildman–Crippen MR) is 90.7 cm³/mol. The fourth-order valence-electron chi connectivity index (χ4n) is 2.55. The minimum absolute atomic E-state index is 0.00261. The van der Waals surface area contributed by atoms with Gasteiger partial charge >= 0.3 is 6.18 Å². The van der Waals surface area contributed by atoms with Crippen molar-refractivity contribution in [2.24, 2.45) is 0 Å². The Kier molecular flexibility index (Phi) is 5.30. The predicted octanol–water partition coefficient (Wildman–Crippen LogP) is 4.65. The quantitative estimate of drug-likeness (QED) is 0.482. The summed E-state index contributed by atoms with van der Waals surface area (Å²) in [5.74, 6) is -1.39. The number of hydrogen-bond acceptors (Lipinski definition) is 3. The Morgan fingerprint density at radius 2 is 1.56 bits per heavy atom. The largest absolute Gasteiger partial charge is 0.416 e. The first-order valence-electron chi connectivity index (χ1n) is 8.10. The van der Waals surface area contributed by atoms with E-state index in [2.05, 4.69) is 9.97 Å². The summed E-state index contributed by atoms with van der Waals surface area (Å²) in [5, 5.41) is 0. The van der Waals surface area contributed by atoms with Crippen LogP contribution >= 0.6 is 0 Å². The molecule has 3 aromatic rings. The molecule has 0 amide bonds. The van der Waals surface area contributed by atoms with Crippen LogP contribution in [0.5, 0.6) is 0 Å². The number of ketones is 1. The number of aryl methyl sites for hydroxylation is 2. The number of carbonyl (C=O) groups is 1. The first-order chi connectivity index (χ1) is 12.8. The summed E-state index contributed by atoms with van der Waals surface area (Å²) in [6, 6.07) is 11.4. The van der Waals surface area contributed by atoms with Crippen molar-refractivity contribution in [1.82, 2.24) is 9.97 Å². The van der Waals surface area contributed by atoms with Gasteiger partial charge in [-0.05, 0) is 30.2 Å². The first-order valence-corrected chi connectivity index (χ1v) is 8.10. The molecule has 0 aliphatic heterocycles. The van der Waals surface area contributed by atoms with Crippen LogP contribution in [0.4, 0.5) is 17.6 Å². The molecule has 3 nitrogen and oxygen atoms in total. The van der Waals surface area contributed by atoms with E-state index >= 15 is 0 Å². The van der Waals surface area contributed by atoms with Crippen LogP contribution < -0.4 is 0 Å². The fourth-order valence-corrected chi connectivity index (χ4v) is 2.55. The summed E-state index contributed by atoms with van der Waals surface area (Å²) in [7, 11) is 0. The summed E-state index contributed by atoms with van der Waals surface area (Å²) < 4.78 is 51.8. The highest BCUT2D eigenvalue weighted by atomic mass is 19.4. The second-order valence-corrected chi connectivity index (χ2v) is 5.93. The standard InChI is InChI=1S/C20H14F4N2O/c21-17-9-14(8-16(10-17)20(22,23)24)19(27)15-11-25-18(26-12-15)7-6-13-4-2-1-3-5-13/h1-5,8-12H,6-7H2. The van der Waals surface area contributed by atoms with Gasteiger partial charge in [-0.25, -0.2) is 14.4 Å². The van der Waals surface area contributed by atoms with Gasteiger partial charge in [-0.1, -0.05) is 30.3 Å². The molecule has 7 heteroatoms. The van der Waals surface area contributed by atoms with Gasteiger partial charge in [0, 0.05) is 24.4 Å². The summed E-state index contributed by atoms with van der Waals surface area (Å²) in [4.78, 5) is 20.5. The summed E-state index contributed by atoms with van der Waals surface area (Å²) >= 11 is 0. The van der Waals surface area contributed by atoms with E-state index in [1.807, 2.05) is 30.3 Å². The van der Waals surface area contributed by atoms with Gasteiger partial charge in [0.2, 0.25) is 0 Å². The van der Waals surface area contributed by atoms with E-state index in [0.717, 1.165) is 11.6 Å².